The fraction of sp³-hybridized carbons (Fsp3) is 0.323. The third kappa shape index (κ3) is 9.16. The van der Waals surface area contributed by atoms with Crippen molar-refractivity contribution in [3.63, 3.8) is 0 Å². The predicted octanol–water partition coefficient (Wildman–Crippen LogP) is 4.86. The number of carbonyl (C=O) groups excluding carboxylic acids is 3. The summed E-state index contributed by atoms with van der Waals surface area (Å²) in [5.41, 5.74) is 2.07. The average molecular weight is 598 g/mol. The molecule has 2 amide bonds. The maximum atomic E-state index is 14.1. The highest BCUT2D eigenvalue weighted by Gasteiger charge is 2.33. The van der Waals surface area contributed by atoms with Gasteiger partial charge in [0, 0.05) is 29.6 Å². The van der Waals surface area contributed by atoms with Gasteiger partial charge < -0.3 is 10.2 Å². The molecule has 8 nitrogen and oxygen atoms in total. The van der Waals surface area contributed by atoms with Crippen molar-refractivity contribution in [3.05, 3.63) is 101 Å². The van der Waals surface area contributed by atoms with E-state index in [1.807, 2.05) is 44.2 Å². The molecule has 2 atom stereocenters. The zero-order valence-corrected chi connectivity index (χ0v) is 25.3. The number of hydrogen-bond acceptors (Lipinski definition) is 5. The second-order valence-electron chi connectivity index (χ2n) is 10.0. The zero-order valence-electron chi connectivity index (χ0n) is 23.7. The van der Waals surface area contributed by atoms with Gasteiger partial charge in [-0.05, 0) is 55.7 Å². The van der Waals surface area contributed by atoms with Gasteiger partial charge in [-0.15, -0.1) is 0 Å². The highest BCUT2D eigenvalue weighted by molar-refractivity contribution is 7.92. The van der Waals surface area contributed by atoms with E-state index < -0.39 is 28.5 Å². The summed E-state index contributed by atoms with van der Waals surface area (Å²) in [5, 5.41) is 3.52. The summed E-state index contributed by atoms with van der Waals surface area (Å²) in [4.78, 5) is 41.2. The number of anilines is 1. The molecule has 3 rings (SSSR count). The summed E-state index contributed by atoms with van der Waals surface area (Å²) in [6, 6.07) is 21.3. The Morgan fingerprint density at radius 1 is 0.927 bits per heavy atom. The van der Waals surface area contributed by atoms with Gasteiger partial charge in [-0.1, -0.05) is 73.1 Å². The van der Waals surface area contributed by atoms with Crippen molar-refractivity contribution in [2.24, 2.45) is 0 Å². The topological polar surface area (TPSA) is 104 Å². The first-order valence-corrected chi connectivity index (χ1v) is 15.6. The molecule has 0 fully saturated rings. The van der Waals surface area contributed by atoms with Gasteiger partial charge in [0.05, 0.1) is 11.9 Å². The molecule has 0 heterocycles. The van der Waals surface area contributed by atoms with Gasteiger partial charge in [-0.25, -0.2) is 8.42 Å². The smallest absolute Gasteiger partial charge is 0.244 e. The number of benzene rings is 3. The van der Waals surface area contributed by atoms with Gasteiger partial charge in [0.2, 0.25) is 21.8 Å². The van der Waals surface area contributed by atoms with Crippen LogP contribution in [0.1, 0.15) is 48.7 Å². The number of Topliss-reactive ketones (excluding diaryl/α,β-unsaturated/α-hetero) is 1. The lowest BCUT2D eigenvalue weighted by Gasteiger charge is -2.34. The maximum Gasteiger partial charge on any atom is 0.244 e. The number of carbonyl (C=O) groups is 3. The van der Waals surface area contributed by atoms with E-state index >= 15 is 0 Å². The normalized spacial score (nSPS) is 12.7. The van der Waals surface area contributed by atoms with Gasteiger partial charge >= 0.3 is 0 Å². The Kier molecular flexibility index (Phi) is 11.1. The third-order valence-corrected chi connectivity index (χ3v) is 8.15. The number of halogens is 1. The van der Waals surface area contributed by atoms with Crippen molar-refractivity contribution >= 4 is 44.9 Å². The van der Waals surface area contributed by atoms with E-state index in [9.17, 15) is 22.8 Å². The van der Waals surface area contributed by atoms with Gasteiger partial charge in [-0.2, -0.15) is 0 Å². The second kappa shape index (κ2) is 14.3. The summed E-state index contributed by atoms with van der Waals surface area (Å²) in [6.07, 6.45) is 1.92. The molecule has 2 unspecified atom stereocenters. The van der Waals surface area contributed by atoms with E-state index in [-0.39, 0.29) is 36.4 Å². The Balaban J connectivity index is 2.07. The van der Waals surface area contributed by atoms with Crippen LogP contribution in [0.25, 0.3) is 0 Å². The lowest BCUT2D eigenvalue weighted by molar-refractivity contribution is -0.140. The second-order valence-corrected chi connectivity index (χ2v) is 12.4. The Morgan fingerprint density at radius 3 is 2.17 bits per heavy atom. The number of amides is 2. The Labute approximate surface area is 247 Å². The lowest BCUT2D eigenvalue weighted by atomic mass is 10.0. The highest BCUT2D eigenvalue weighted by Crippen LogP contribution is 2.22. The van der Waals surface area contributed by atoms with E-state index in [4.69, 9.17) is 11.6 Å². The van der Waals surface area contributed by atoms with Crippen LogP contribution in [-0.2, 0) is 32.6 Å². The largest absolute Gasteiger partial charge is 0.352 e. The van der Waals surface area contributed by atoms with E-state index in [1.165, 1.54) is 24.0 Å². The number of ketones is 1. The summed E-state index contributed by atoms with van der Waals surface area (Å²) in [7, 11) is -3.94. The zero-order chi connectivity index (χ0) is 30.2. The van der Waals surface area contributed by atoms with Crippen molar-refractivity contribution in [1.29, 1.82) is 0 Å². The van der Waals surface area contributed by atoms with E-state index in [1.54, 1.807) is 36.4 Å². The average Bonchev–Trinajstić information content (AvgIpc) is 2.94. The number of sulfonamides is 1. The molecule has 1 N–H and O–H groups in total. The summed E-state index contributed by atoms with van der Waals surface area (Å²) in [6.45, 7) is 4.71. The number of rotatable bonds is 13. The fourth-order valence-electron chi connectivity index (χ4n) is 4.28. The molecular formula is C31H36ClN3O5S. The quantitative estimate of drug-likeness (QED) is 0.283. The van der Waals surface area contributed by atoms with Crippen molar-refractivity contribution < 1.29 is 22.8 Å². The molecular weight excluding hydrogens is 562 g/mol. The Hall–Kier alpha value is -3.69. The number of nitrogens with zero attached hydrogens (tertiary/aromatic N) is 2. The first kappa shape index (κ1) is 31.8. The molecule has 0 saturated heterocycles. The maximum absolute atomic E-state index is 14.1. The Bertz CT molecular complexity index is 1460. The summed E-state index contributed by atoms with van der Waals surface area (Å²) >= 11 is 6.08. The first-order chi connectivity index (χ1) is 19.4. The van der Waals surface area contributed by atoms with E-state index in [0.29, 0.717) is 17.0 Å². The standard InChI is InChI=1S/C31H36ClN3O5S/c1-5-22(2)33-31(38)29(18-24-10-7-6-8-11-24)34(20-25-14-16-27(32)17-15-25)30(37)21-35(41(4,39)40)28-13-9-12-26(19-28)23(3)36/h6-17,19,22,29H,5,18,20-21H2,1-4H3,(H,33,38). The molecule has 0 bridgehead atoms. The SMILES string of the molecule is CCC(C)NC(=O)C(Cc1ccccc1)N(Cc1ccc(Cl)cc1)C(=O)CN(c1cccc(C(C)=O)c1)S(C)(=O)=O. The monoisotopic (exact) mass is 597 g/mol. The van der Waals surface area contributed by atoms with Crippen molar-refractivity contribution in [2.45, 2.75) is 52.2 Å². The van der Waals surface area contributed by atoms with Crippen LogP contribution < -0.4 is 9.62 Å². The van der Waals surface area contributed by atoms with Crippen LogP contribution in [0.2, 0.25) is 5.02 Å². The van der Waals surface area contributed by atoms with E-state index in [2.05, 4.69) is 5.32 Å². The minimum atomic E-state index is -3.94. The molecule has 0 aliphatic heterocycles. The van der Waals surface area contributed by atoms with Crippen molar-refractivity contribution in [2.75, 3.05) is 17.1 Å². The van der Waals surface area contributed by atoms with Crippen LogP contribution in [0, 0.1) is 0 Å². The molecule has 0 aliphatic carbocycles. The van der Waals surface area contributed by atoms with Crippen LogP contribution in [0.3, 0.4) is 0 Å². The molecule has 10 heteroatoms. The third-order valence-electron chi connectivity index (χ3n) is 6.76. The van der Waals surface area contributed by atoms with Gasteiger partial charge in [0.1, 0.15) is 12.6 Å². The van der Waals surface area contributed by atoms with Crippen LogP contribution in [0.5, 0.6) is 0 Å². The van der Waals surface area contributed by atoms with Crippen LogP contribution >= 0.6 is 11.6 Å². The minimum absolute atomic E-state index is 0.0481. The summed E-state index contributed by atoms with van der Waals surface area (Å²) < 4.78 is 26.8. The summed E-state index contributed by atoms with van der Waals surface area (Å²) in [5.74, 6) is -1.14. The van der Waals surface area contributed by atoms with Gasteiger partial charge in [0.25, 0.3) is 0 Å². The molecule has 0 spiro atoms. The van der Waals surface area contributed by atoms with Crippen LogP contribution in [0.4, 0.5) is 5.69 Å². The molecule has 0 saturated carbocycles. The Morgan fingerprint density at radius 2 is 1.59 bits per heavy atom. The molecule has 0 aliphatic rings. The van der Waals surface area contributed by atoms with Gasteiger partial charge in [-0.3, -0.25) is 18.7 Å². The fourth-order valence-corrected chi connectivity index (χ4v) is 5.24. The van der Waals surface area contributed by atoms with Crippen molar-refractivity contribution in [1.82, 2.24) is 10.2 Å². The predicted molar refractivity (Wildman–Crippen MR) is 162 cm³/mol. The molecule has 3 aromatic rings. The number of nitrogens with one attached hydrogen (secondary N) is 1. The minimum Gasteiger partial charge on any atom is -0.352 e. The van der Waals surface area contributed by atoms with Crippen LogP contribution in [-0.4, -0.2) is 55.8 Å². The lowest BCUT2D eigenvalue weighted by Crippen LogP contribution is -2.54. The molecule has 0 aromatic heterocycles. The molecule has 41 heavy (non-hydrogen) atoms. The first-order valence-electron chi connectivity index (χ1n) is 13.4. The molecule has 0 radical (unpaired) electrons. The molecule has 3 aromatic carbocycles. The number of hydrogen-bond donors (Lipinski definition) is 1. The van der Waals surface area contributed by atoms with E-state index in [0.717, 1.165) is 21.7 Å². The van der Waals surface area contributed by atoms with Crippen LogP contribution in [0.15, 0.2) is 78.9 Å². The van der Waals surface area contributed by atoms with Crippen molar-refractivity contribution in [3.8, 4) is 0 Å². The van der Waals surface area contributed by atoms with Gasteiger partial charge in [0.15, 0.2) is 5.78 Å². The molecule has 218 valence electrons. The highest BCUT2D eigenvalue weighted by atomic mass is 35.5.